The van der Waals surface area contributed by atoms with Crippen molar-refractivity contribution >= 4 is 28.8 Å². The fraction of sp³-hybridized carbons (Fsp3) is 0.542. The van der Waals surface area contributed by atoms with Crippen LogP contribution >= 0.6 is 11.6 Å². The van der Waals surface area contributed by atoms with Gasteiger partial charge in [0.05, 0.1) is 11.4 Å². The van der Waals surface area contributed by atoms with Gasteiger partial charge in [0, 0.05) is 24.6 Å². The molecule has 2 aromatic rings. The topological polar surface area (TPSA) is 70.9 Å². The molecule has 0 aromatic carbocycles. The molecular weight excluding hydrogens is 396 g/mol. The first-order chi connectivity index (χ1) is 14.5. The average Bonchev–Trinajstić information content (AvgIpc) is 3.17. The van der Waals surface area contributed by atoms with Crippen molar-refractivity contribution in [3.05, 3.63) is 46.4 Å². The van der Waals surface area contributed by atoms with Crippen LogP contribution in [0.3, 0.4) is 0 Å². The molecular formula is C24H31ClN4O. The van der Waals surface area contributed by atoms with E-state index in [0.29, 0.717) is 10.9 Å². The molecule has 2 heterocycles. The molecule has 2 aliphatic rings. The van der Waals surface area contributed by atoms with Crippen LogP contribution in [0.2, 0.25) is 5.15 Å². The Morgan fingerprint density at radius 2 is 2.00 bits per heavy atom. The van der Waals surface area contributed by atoms with E-state index in [0.717, 1.165) is 47.9 Å². The van der Waals surface area contributed by atoms with Gasteiger partial charge in [-0.2, -0.15) is 0 Å². The summed E-state index contributed by atoms with van der Waals surface area (Å²) in [6.45, 7) is 1.75. The maximum atomic E-state index is 8.07. The number of pyridine rings is 2. The van der Waals surface area contributed by atoms with Gasteiger partial charge in [0.1, 0.15) is 16.6 Å². The van der Waals surface area contributed by atoms with Gasteiger partial charge in [-0.15, -0.1) is 0 Å². The van der Waals surface area contributed by atoms with E-state index in [4.69, 9.17) is 26.7 Å². The number of aryl methyl sites for hydroxylation is 1. The molecule has 160 valence electrons. The number of hydrogen-bond donors (Lipinski definition) is 2. The minimum atomic E-state index is -0.293. The van der Waals surface area contributed by atoms with Crippen molar-refractivity contribution in [3.63, 3.8) is 0 Å². The number of anilines is 2. The predicted octanol–water partition coefficient (Wildman–Crippen LogP) is 6.41. The first-order valence-electron chi connectivity index (χ1n) is 11.0. The summed E-state index contributed by atoms with van der Waals surface area (Å²) in [5.74, 6) is 1.65. The van der Waals surface area contributed by atoms with Crippen LogP contribution in [0.15, 0.2) is 24.4 Å². The monoisotopic (exact) mass is 426 g/mol. The Kier molecular flexibility index (Phi) is 6.40. The third-order valence-electron chi connectivity index (χ3n) is 6.76. The first-order valence-corrected chi connectivity index (χ1v) is 11.4. The summed E-state index contributed by atoms with van der Waals surface area (Å²) in [6.07, 6.45) is 12.4. The summed E-state index contributed by atoms with van der Waals surface area (Å²) < 4.78 is 6.03. The SMILES string of the molecule is COC1(c2cc(CCC3CCC3)cc(Nc3cc(Cl)ncc3C(C)=N)n2)CCCC1. The summed E-state index contributed by atoms with van der Waals surface area (Å²) in [5.41, 5.74) is 3.95. The third-order valence-corrected chi connectivity index (χ3v) is 6.96. The van der Waals surface area contributed by atoms with Crippen molar-refractivity contribution < 1.29 is 4.74 Å². The van der Waals surface area contributed by atoms with Crippen LogP contribution in [0, 0.1) is 11.3 Å². The van der Waals surface area contributed by atoms with Crippen molar-refractivity contribution in [1.29, 1.82) is 5.41 Å². The second-order valence-corrected chi connectivity index (χ2v) is 9.18. The minimum absolute atomic E-state index is 0.293. The molecule has 2 saturated carbocycles. The van der Waals surface area contributed by atoms with Crippen LogP contribution in [0.25, 0.3) is 0 Å². The molecule has 30 heavy (non-hydrogen) atoms. The van der Waals surface area contributed by atoms with E-state index in [1.807, 2.05) is 0 Å². The fourth-order valence-corrected chi connectivity index (χ4v) is 4.82. The third kappa shape index (κ3) is 4.52. The summed E-state index contributed by atoms with van der Waals surface area (Å²) in [7, 11) is 1.81. The fourth-order valence-electron chi connectivity index (χ4n) is 4.66. The van der Waals surface area contributed by atoms with E-state index in [-0.39, 0.29) is 5.60 Å². The molecule has 4 rings (SSSR count). The molecule has 0 spiro atoms. The van der Waals surface area contributed by atoms with Crippen molar-refractivity contribution in [2.24, 2.45) is 5.92 Å². The predicted molar refractivity (Wildman–Crippen MR) is 122 cm³/mol. The van der Waals surface area contributed by atoms with Crippen molar-refractivity contribution in [1.82, 2.24) is 9.97 Å². The van der Waals surface area contributed by atoms with Crippen LogP contribution < -0.4 is 5.32 Å². The molecule has 2 N–H and O–H groups in total. The normalized spacial score (nSPS) is 18.2. The summed E-state index contributed by atoms with van der Waals surface area (Å²) in [5, 5.41) is 11.9. The quantitative estimate of drug-likeness (QED) is 0.378. The zero-order valence-corrected chi connectivity index (χ0v) is 18.7. The largest absolute Gasteiger partial charge is 0.372 e. The number of rotatable bonds is 8. The van der Waals surface area contributed by atoms with Gasteiger partial charge in [0.15, 0.2) is 0 Å². The van der Waals surface area contributed by atoms with Gasteiger partial charge < -0.3 is 15.5 Å². The average molecular weight is 427 g/mol. The van der Waals surface area contributed by atoms with Crippen molar-refractivity contribution in [2.75, 3.05) is 12.4 Å². The molecule has 2 aliphatic carbocycles. The van der Waals surface area contributed by atoms with Gasteiger partial charge in [-0.05, 0) is 62.3 Å². The van der Waals surface area contributed by atoms with Crippen LogP contribution in [-0.4, -0.2) is 22.8 Å². The number of aromatic nitrogens is 2. The zero-order chi connectivity index (χ0) is 21.1. The Hall–Kier alpha value is -1.98. The molecule has 0 bridgehead atoms. The minimum Gasteiger partial charge on any atom is -0.372 e. The lowest BCUT2D eigenvalue weighted by atomic mass is 9.81. The van der Waals surface area contributed by atoms with E-state index < -0.39 is 0 Å². The van der Waals surface area contributed by atoms with E-state index in [2.05, 4.69) is 22.4 Å². The number of nitrogens with zero attached hydrogens (tertiary/aromatic N) is 2. The Labute approximate surface area is 184 Å². The second-order valence-electron chi connectivity index (χ2n) is 8.79. The lowest BCUT2D eigenvalue weighted by Crippen LogP contribution is -2.26. The van der Waals surface area contributed by atoms with E-state index in [9.17, 15) is 0 Å². The first kappa shape index (κ1) is 21.3. The van der Waals surface area contributed by atoms with Gasteiger partial charge in [-0.3, -0.25) is 0 Å². The molecule has 2 aromatic heterocycles. The van der Waals surface area contributed by atoms with Gasteiger partial charge in [0.25, 0.3) is 0 Å². The van der Waals surface area contributed by atoms with Gasteiger partial charge >= 0.3 is 0 Å². The molecule has 2 fully saturated rings. The number of ether oxygens (including phenoxy) is 1. The molecule has 5 nitrogen and oxygen atoms in total. The summed E-state index contributed by atoms with van der Waals surface area (Å²) in [4.78, 5) is 9.11. The number of halogens is 1. The van der Waals surface area contributed by atoms with Crippen LogP contribution in [0.5, 0.6) is 0 Å². The van der Waals surface area contributed by atoms with Crippen molar-refractivity contribution in [3.8, 4) is 0 Å². The highest BCUT2D eigenvalue weighted by Gasteiger charge is 2.37. The lowest BCUT2D eigenvalue weighted by molar-refractivity contribution is -0.0123. The smallest absolute Gasteiger partial charge is 0.131 e. The Balaban J connectivity index is 1.68. The van der Waals surface area contributed by atoms with E-state index in [1.54, 1.807) is 26.3 Å². The molecule has 0 unspecified atom stereocenters. The summed E-state index contributed by atoms with van der Waals surface area (Å²) in [6, 6.07) is 6.15. The van der Waals surface area contributed by atoms with Gasteiger partial charge in [0.2, 0.25) is 0 Å². The molecule has 6 heteroatoms. The van der Waals surface area contributed by atoms with E-state index in [1.165, 1.54) is 44.1 Å². The number of hydrogen-bond acceptors (Lipinski definition) is 5. The van der Waals surface area contributed by atoms with Crippen LogP contribution in [0.1, 0.15) is 75.1 Å². The Morgan fingerprint density at radius 1 is 1.23 bits per heavy atom. The van der Waals surface area contributed by atoms with E-state index >= 15 is 0 Å². The maximum Gasteiger partial charge on any atom is 0.131 e. The molecule has 0 radical (unpaired) electrons. The highest BCUT2D eigenvalue weighted by molar-refractivity contribution is 6.29. The summed E-state index contributed by atoms with van der Waals surface area (Å²) >= 11 is 6.14. The number of methoxy groups -OCH3 is 1. The highest BCUT2D eigenvalue weighted by atomic mass is 35.5. The standard InChI is InChI=1S/C24H31ClN4O/c1-16(26)19-15-27-22(25)14-20(19)28-23-13-18(9-8-17-6-5-7-17)12-21(29-23)24(30-2)10-3-4-11-24/h12-15,17,26H,3-11H2,1-2H3,(H,27,28,29). The Bertz CT molecular complexity index is 919. The Morgan fingerprint density at radius 3 is 2.63 bits per heavy atom. The lowest BCUT2D eigenvalue weighted by Gasteiger charge is -2.29. The van der Waals surface area contributed by atoms with Gasteiger partial charge in [-0.1, -0.05) is 43.7 Å². The van der Waals surface area contributed by atoms with Gasteiger partial charge in [-0.25, -0.2) is 9.97 Å². The van der Waals surface area contributed by atoms with Crippen LogP contribution in [0.4, 0.5) is 11.5 Å². The molecule has 0 aliphatic heterocycles. The zero-order valence-electron chi connectivity index (χ0n) is 17.9. The second kappa shape index (κ2) is 9.03. The molecule has 0 saturated heterocycles. The molecule has 0 atom stereocenters. The number of nitrogens with one attached hydrogen (secondary N) is 2. The van der Waals surface area contributed by atoms with Crippen LogP contribution in [-0.2, 0) is 16.8 Å². The highest BCUT2D eigenvalue weighted by Crippen LogP contribution is 2.42. The van der Waals surface area contributed by atoms with Crippen molar-refractivity contribution in [2.45, 2.75) is 70.3 Å². The molecule has 0 amide bonds. The maximum absolute atomic E-state index is 8.07.